The zero-order chi connectivity index (χ0) is 12.9. The zero-order valence-electron chi connectivity index (χ0n) is 11.7. The van der Waals surface area contributed by atoms with Crippen molar-refractivity contribution in [2.24, 2.45) is 0 Å². The van der Waals surface area contributed by atoms with Crippen LogP contribution in [0.5, 0.6) is 0 Å². The maximum atomic E-state index is 10.7. The van der Waals surface area contributed by atoms with Crippen molar-refractivity contribution in [3.8, 4) is 0 Å². The Morgan fingerprint density at radius 3 is 1.88 bits per heavy atom. The summed E-state index contributed by atoms with van der Waals surface area (Å²) in [5.41, 5.74) is 0. The molecule has 1 atom stereocenters. The number of aliphatic hydroxyl groups excluding tert-OH is 1. The highest BCUT2D eigenvalue weighted by Crippen LogP contribution is 2.12. The highest BCUT2D eigenvalue weighted by atomic mass is 16.3. The van der Waals surface area contributed by atoms with E-state index in [1.54, 1.807) is 6.92 Å². The van der Waals surface area contributed by atoms with Crippen molar-refractivity contribution in [3.63, 3.8) is 0 Å². The lowest BCUT2D eigenvalue weighted by Crippen LogP contribution is -2.03. The van der Waals surface area contributed by atoms with E-state index in [4.69, 9.17) is 0 Å². The van der Waals surface area contributed by atoms with Gasteiger partial charge in [0.1, 0.15) is 5.78 Å². The molecule has 0 radical (unpaired) electrons. The lowest BCUT2D eigenvalue weighted by molar-refractivity contribution is -0.117. The second-order valence-electron chi connectivity index (χ2n) is 5.13. The summed E-state index contributed by atoms with van der Waals surface area (Å²) < 4.78 is 0. The molecule has 0 saturated carbocycles. The first-order valence-electron chi connectivity index (χ1n) is 7.34. The maximum absolute atomic E-state index is 10.7. The van der Waals surface area contributed by atoms with Crippen LogP contribution >= 0.6 is 0 Å². The van der Waals surface area contributed by atoms with Crippen LogP contribution in [0.1, 0.15) is 84.5 Å². The summed E-state index contributed by atoms with van der Waals surface area (Å²) in [5.74, 6) is 0.319. The minimum atomic E-state index is -0.0819. The number of carbonyl (C=O) groups excluding carboxylic acids is 1. The number of Topliss-reactive ketones (excluding diaryl/α,β-unsaturated/α-hetero) is 1. The van der Waals surface area contributed by atoms with Gasteiger partial charge in [-0.15, -0.1) is 0 Å². The number of rotatable bonds is 12. The Balaban J connectivity index is 3.01. The normalized spacial score (nSPS) is 12.6. The summed E-state index contributed by atoms with van der Waals surface area (Å²) in [7, 11) is 0. The average molecular weight is 242 g/mol. The number of hydrogen-bond acceptors (Lipinski definition) is 2. The summed E-state index contributed by atoms with van der Waals surface area (Å²) in [6.45, 7) is 3.70. The highest BCUT2D eigenvalue weighted by molar-refractivity contribution is 5.75. The largest absolute Gasteiger partial charge is 0.393 e. The van der Waals surface area contributed by atoms with Gasteiger partial charge in [-0.05, 0) is 26.2 Å². The number of ketones is 1. The molecular weight excluding hydrogens is 212 g/mol. The third-order valence-electron chi connectivity index (χ3n) is 3.29. The van der Waals surface area contributed by atoms with Crippen molar-refractivity contribution in [1.82, 2.24) is 0 Å². The zero-order valence-corrected chi connectivity index (χ0v) is 11.7. The topological polar surface area (TPSA) is 37.3 Å². The van der Waals surface area contributed by atoms with E-state index in [-0.39, 0.29) is 6.10 Å². The quantitative estimate of drug-likeness (QED) is 0.519. The first-order chi connectivity index (χ1) is 8.16. The van der Waals surface area contributed by atoms with Crippen LogP contribution in [0.25, 0.3) is 0 Å². The minimum Gasteiger partial charge on any atom is -0.393 e. The third-order valence-corrected chi connectivity index (χ3v) is 3.29. The molecule has 2 nitrogen and oxygen atoms in total. The molecule has 0 aromatic heterocycles. The molecule has 0 aliphatic rings. The number of hydrogen-bond donors (Lipinski definition) is 1. The Bertz CT molecular complexity index is 178. The predicted octanol–water partition coefficient (Wildman–Crippen LogP) is 4.25. The molecule has 1 N–H and O–H groups in total. The van der Waals surface area contributed by atoms with Gasteiger partial charge in [-0.3, -0.25) is 0 Å². The second-order valence-corrected chi connectivity index (χ2v) is 5.13. The number of unbranched alkanes of at least 4 members (excludes halogenated alkanes) is 7. The average Bonchev–Trinajstić information content (AvgIpc) is 2.30. The van der Waals surface area contributed by atoms with E-state index in [0.29, 0.717) is 5.78 Å². The van der Waals surface area contributed by atoms with Crippen molar-refractivity contribution >= 4 is 5.78 Å². The summed E-state index contributed by atoms with van der Waals surface area (Å²) in [4.78, 5) is 10.7. The van der Waals surface area contributed by atoms with E-state index in [9.17, 15) is 9.90 Å². The summed E-state index contributed by atoms with van der Waals surface area (Å²) >= 11 is 0. The Kier molecular flexibility index (Phi) is 11.8. The lowest BCUT2D eigenvalue weighted by Gasteiger charge is -2.06. The molecule has 2 heteroatoms. The molecule has 0 aromatic rings. The van der Waals surface area contributed by atoms with Crippen LogP contribution in [0.15, 0.2) is 0 Å². The van der Waals surface area contributed by atoms with Gasteiger partial charge in [0.25, 0.3) is 0 Å². The Labute approximate surface area is 107 Å². The fourth-order valence-electron chi connectivity index (χ4n) is 2.02. The van der Waals surface area contributed by atoms with Gasteiger partial charge >= 0.3 is 0 Å². The van der Waals surface area contributed by atoms with Gasteiger partial charge in [-0.2, -0.15) is 0 Å². The molecule has 0 aliphatic carbocycles. The van der Waals surface area contributed by atoms with Crippen molar-refractivity contribution in [1.29, 1.82) is 0 Å². The van der Waals surface area contributed by atoms with Crippen molar-refractivity contribution in [2.75, 3.05) is 0 Å². The molecule has 0 saturated heterocycles. The molecule has 0 aromatic carbocycles. The number of aliphatic hydroxyl groups is 1. The molecule has 0 bridgehead atoms. The highest BCUT2D eigenvalue weighted by Gasteiger charge is 1.99. The van der Waals surface area contributed by atoms with E-state index in [1.807, 2.05) is 6.92 Å². The van der Waals surface area contributed by atoms with Gasteiger partial charge in [0.15, 0.2) is 0 Å². The summed E-state index contributed by atoms with van der Waals surface area (Å²) in [6, 6.07) is 0. The van der Waals surface area contributed by atoms with Gasteiger partial charge in [0.05, 0.1) is 6.10 Å². The molecule has 0 aliphatic heterocycles. The molecular formula is C15H30O2. The molecule has 0 fully saturated rings. The first-order valence-corrected chi connectivity index (χ1v) is 7.34. The van der Waals surface area contributed by atoms with Crippen LogP contribution in [-0.4, -0.2) is 17.0 Å². The molecule has 17 heavy (non-hydrogen) atoms. The molecule has 0 amide bonds. The van der Waals surface area contributed by atoms with E-state index < -0.39 is 0 Å². The van der Waals surface area contributed by atoms with Gasteiger partial charge in [-0.1, -0.05) is 51.9 Å². The summed E-state index contributed by atoms with van der Waals surface area (Å²) in [5, 5.41) is 9.38. The van der Waals surface area contributed by atoms with Crippen LogP contribution < -0.4 is 0 Å². The fraction of sp³-hybridized carbons (Fsp3) is 0.933. The van der Waals surface area contributed by atoms with E-state index in [2.05, 4.69) is 0 Å². The van der Waals surface area contributed by atoms with E-state index >= 15 is 0 Å². The molecule has 0 heterocycles. The monoisotopic (exact) mass is 242 g/mol. The van der Waals surface area contributed by atoms with Gasteiger partial charge in [0.2, 0.25) is 0 Å². The van der Waals surface area contributed by atoms with Crippen molar-refractivity contribution < 1.29 is 9.90 Å². The molecule has 0 spiro atoms. The lowest BCUT2D eigenvalue weighted by atomic mass is 10.0. The smallest absolute Gasteiger partial charge is 0.129 e. The Morgan fingerprint density at radius 1 is 0.941 bits per heavy atom. The fourth-order valence-corrected chi connectivity index (χ4v) is 2.02. The molecule has 1 unspecified atom stereocenters. The Morgan fingerprint density at radius 2 is 1.41 bits per heavy atom. The first kappa shape index (κ1) is 16.6. The van der Waals surface area contributed by atoms with Gasteiger partial charge < -0.3 is 9.90 Å². The van der Waals surface area contributed by atoms with Crippen LogP contribution in [-0.2, 0) is 4.79 Å². The van der Waals surface area contributed by atoms with Crippen LogP contribution in [0, 0.1) is 0 Å². The SMILES string of the molecule is CCC(O)CCCCCCCCCCC(C)=O. The van der Waals surface area contributed by atoms with Crippen LogP contribution in [0.3, 0.4) is 0 Å². The van der Waals surface area contributed by atoms with Crippen LogP contribution in [0.2, 0.25) is 0 Å². The maximum Gasteiger partial charge on any atom is 0.129 e. The second kappa shape index (κ2) is 12.1. The van der Waals surface area contributed by atoms with E-state index in [1.165, 1.54) is 44.9 Å². The standard InChI is InChI=1S/C15H30O2/c1-3-15(17)13-11-9-7-5-4-6-8-10-12-14(2)16/h15,17H,3-13H2,1-2H3. The molecule has 102 valence electrons. The van der Waals surface area contributed by atoms with Gasteiger partial charge in [0, 0.05) is 6.42 Å². The number of carbonyl (C=O) groups is 1. The summed E-state index contributed by atoms with van der Waals surface area (Å²) in [6.07, 6.45) is 12.4. The minimum absolute atomic E-state index is 0.0819. The van der Waals surface area contributed by atoms with Crippen molar-refractivity contribution in [3.05, 3.63) is 0 Å². The Hall–Kier alpha value is -0.370. The van der Waals surface area contributed by atoms with Crippen molar-refractivity contribution in [2.45, 2.75) is 90.6 Å². The predicted molar refractivity (Wildman–Crippen MR) is 73.1 cm³/mol. The van der Waals surface area contributed by atoms with E-state index in [0.717, 1.165) is 25.7 Å². The van der Waals surface area contributed by atoms with Crippen LogP contribution in [0.4, 0.5) is 0 Å². The molecule has 0 rings (SSSR count). The van der Waals surface area contributed by atoms with Gasteiger partial charge in [-0.25, -0.2) is 0 Å². The third kappa shape index (κ3) is 13.6.